The van der Waals surface area contributed by atoms with Gasteiger partial charge in [-0.1, -0.05) is 0 Å². The highest BCUT2D eigenvalue weighted by Crippen LogP contribution is 2.22. The van der Waals surface area contributed by atoms with E-state index < -0.39 is 0 Å². The molecule has 2 heterocycles. The zero-order valence-electron chi connectivity index (χ0n) is 8.98. The van der Waals surface area contributed by atoms with E-state index >= 15 is 0 Å². The molecule has 2 rings (SSSR count). The van der Waals surface area contributed by atoms with Gasteiger partial charge >= 0.3 is 0 Å². The van der Waals surface area contributed by atoms with E-state index in [0.29, 0.717) is 6.10 Å². The van der Waals surface area contributed by atoms with Crippen molar-refractivity contribution >= 4 is 0 Å². The van der Waals surface area contributed by atoms with Crippen LogP contribution in [0.2, 0.25) is 0 Å². The molecule has 3 nitrogen and oxygen atoms in total. The zero-order chi connectivity index (χ0) is 10.5. The molecule has 0 radical (unpaired) electrons. The highest BCUT2D eigenvalue weighted by atomic mass is 16.5. The Morgan fingerprint density at radius 1 is 1.53 bits per heavy atom. The number of hydrogen-bond donors (Lipinski definition) is 2. The van der Waals surface area contributed by atoms with E-state index in [2.05, 4.69) is 4.98 Å². The van der Waals surface area contributed by atoms with Crippen LogP contribution in [0, 0.1) is 0 Å². The van der Waals surface area contributed by atoms with Crippen molar-refractivity contribution in [2.75, 3.05) is 6.61 Å². The first-order valence-electron chi connectivity index (χ1n) is 5.79. The summed E-state index contributed by atoms with van der Waals surface area (Å²) in [5.74, 6) is 0. The molecule has 0 aromatic carbocycles. The number of aromatic amines is 1. The van der Waals surface area contributed by atoms with Gasteiger partial charge in [-0.25, -0.2) is 0 Å². The van der Waals surface area contributed by atoms with Crippen LogP contribution in [0.5, 0.6) is 0 Å². The molecular formula is C12H19NO2. The third-order valence-electron chi connectivity index (χ3n) is 3.02. The predicted molar refractivity (Wildman–Crippen MR) is 58.6 cm³/mol. The molecule has 0 spiro atoms. The maximum Gasteiger partial charge on any atom is 0.0938 e. The number of aliphatic hydroxyl groups is 1. The van der Waals surface area contributed by atoms with Crippen LogP contribution in [-0.4, -0.2) is 22.8 Å². The van der Waals surface area contributed by atoms with Gasteiger partial charge in [-0.05, 0) is 44.2 Å². The lowest BCUT2D eigenvalue weighted by molar-refractivity contribution is 0.00189. The van der Waals surface area contributed by atoms with Gasteiger partial charge in [0.15, 0.2) is 0 Å². The first-order chi connectivity index (χ1) is 7.36. The van der Waals surface area contributed by atoms with Gasteiger partial charge in [0, 0.05) is 18.5 Å². The van der Waals surface area contributed by atoms with Gasteiger partial charge in [0.1, 0.15) is 0 Å². The summed E-state index contributed by atoms with van der Waals surface area (Å²) in [6.45, 7) is 0.892. The standard InChI is InChI=1S/C12H19NO2/c14-12(11-5-3-8-13-11)7-6-10-4-1-2-9-15-10/h3,5,8,10,12-14H,1-2,4,6-7,9H2. The average molecular weight is 209 g/mol. The van der Waals surface area contributed by atoms with Gasteiger partial charge in [0.2, 0.25) is 0 Å². The molecule has 3 heteroatoms. The minimum absolute atomic E-state index is 0.364. The van der Waals surface area contributed by atoms with E-state index in [0.717, 1.165) is 31.6 Å². The molecule has 1 aromatic rings. The highest BCUT2D eigenvalue weighted by Gasteiger charge is 2.16. The molecular weight excluding hydrogens is 190 g/mol. The fourth-order valence-electron chi connectivity index (χ4n) is 2.09. The summed E-state index contributed by atoms with van der Waals surface area (Å²) in [6, 6.07) is 3.84. The van der Waals surface area contributed by atoms with Crippen LogP contribution < -0.4 is 0 Å². The summed E-state index contributed by atoms with van der Waals surface area (Å²) >= 11 is 0. The quantitative estimate of drug-likeness (QED) is 0.799. The summed E-state index contributed by atoms with van der Waals surface area (Å²) in [6.07, 6.45) is 7.19. The Morgan fingerprint density at radius 2 is 2.47 bits per heavy atom. The molecule has 0 amide bonds. The van der Waals surface area contributed by atoms with Crippen molar-refractivity contribution in [1.82, 2.24) is 4.98 Å². The SMILES string of the molecule is OC(CCC1CCCCO1)c1ccc[nH]1. The molecule has 1 aromatic heterocycles. The maximum absolute atomic E-state index is 9.85. The fourth-order valence-corrected chi connectivity index (χ4v) is 2.09. The van der Waals surface area contributed by atoms with Crippen LogP contribution in [-0.2, 0) is 4.74 Å². The summed E-state index contributed by atoms with van der Waals surface area (Å²) < 4.78 is 5.62. The lowest BCUT2D eigenvalue weighted by Crippen LogP contribution is -2.19. The molecule has 0 aliphatic carbocycles. The molecule has 2 N–H and O–H groups in total. The fraction of sp³-hybridized carbons (Fsp3) is 0.667. The Hall–Kier alpha value is -0.800. The van der Waals surface area contributed by atoms with E-state index in [1.165, 1.54) is 12.8 Å². The second-order valence-electron chi connectivity index (χ2n) is 4.21. The molecule has 84 valence electrons. The average Bonchev–Trinajstić information content (AvgIpc) is 2.81. The smallest absolute Gasteiger partial charge is 0.0938 e. The van der Waals surface area contributed by atoms with Gasteiger partial charge in [-0.15, -0.1) is 0 Å². The molecule has 2 atom stereocenters. The van der Waals surface area contributed by atoms with Crippen LogP contribution in [0.15, 0.2) is 18.3 Å². The Morgan fingerprint density at radius 3 is 3.13 bits per heavy atom. The monoisotopic (exact) mass is 209 g/mol. The Kier molecular flexibility index (Phi) is 3.80. The number of aliphatic hydroxyl groups excluding tert-OH is 1. The van der Waals surface area contributed by atoms with Gasteiger partial charge in [0.25, 0.3) is 0 Å². The molecule has 1 saturated heterocycles. The lowest BCUT2D eigenvalue weighted by Gasteiger charge is -2.23. The maximum atomic E-state index is 9.85. The Labute approximate surface area is 90.5 Å². The molecule has 1 fully saturated rings. The van der Waals surface area contributed by atoms with E-state index in [9.17, 15) is 5.11 Å². The van der Waals surface area contributed by atoms with Crippen molar-refractivity contribution in [1.29, 1.82) is 0 Å². The second-order valence-corrected chi connectivity index (χ2v) is 4.21. The summed E-state index contributed by atoms with van der Waals surface area (Å²) in [7, 11) is 0. The van der Waals surface area contributed by atoms with E-state index in [4.69, 9.17) is 4.74 Å². The molecule has 0 saturated carbocycles. The van der Waals surface area contributed by atoms with Crippen molar-refractivity contribution in [3.63, 3.8) is 0 Å². The summed E-state index contributed by atoms with van der Waals surface area (Å²) in [4.78, 5) is 3.03. The first-order valence-corrected chi connectivity index (χ1v) is 5.79. The Bertz CT molecular complexity index is 265. The van der Waals surface area contributed by atoms with Crippen molar-refractivity contribution in [3.05, 3.63) is 24.0 Å². The van der Waals surface area contributed by atoms with Crippen LogP contribution in [0.4, 0.5) is 0 Å². The van der Waals surface area contributed by atoms with Crippen molar-refractivity contribution in [2.45, 2.75) is 44.3 Å². The molecule has 0 bridgehead atoms. The third-order valence-corrected chi connectivity index (χ3v) is 3.02. The van der Waals surface area contributed by atoms with E-state index in [1.54, 1.807) is 0 Å². The van der Waals surface area contributed by atoms with Crippen molar-refractivity contribution < 1.29 is 9.84 Å². The van der Waals surface area contributed by atoms with Gasteiger partial charge in [-0.3, -0.25) is 0 Å². The molecule has 15 heavy (non-hydrogen) atoms. The third kappa shape index (κ3) is 3.08. The highest BCUT2D eigenvalue weighted by molar-refractivity contribution is 5.06. The largest absolute Gasteiger partial charge is 0.387 e. The van der Waals surface area contributed by atoms with E-state index in [-0.39, 0.29) is 6.10 Å². The first kappa shape index (κ1) is 10.7. The minimum atomic E-state index is -0.370. The predicted octanol–water partition coefficient (Wildman–Crippen LogP) is 2.40. The minimum Gasteiger partial charge on any atom is -0.387 e. The Balaban J connectivity index is 1.73. The van der Waals surface area contributed by atoms with Crippen molar-refractivity contribution in [2.24, 2.45) is 0 Å². The molecule has 1 aliphatic rings. The lowest BCUT2D eigenvalue weighted by atomic mass is 10.0. The van der Waals surface area contributed by atoms with Gasteiger partial charge in [-0.2, -0.15) is 0 Å². The second kappa shape index (κ2) is 5.33. The topological polar surface area (TPSA) is 45.2 Å². The van der Waals surface area contributed by atoms with E-state index in [1.807, 2.05) is 18.3 Å². The number of ether oxygens (including phenoxy) is 1. The number of nitrogens with one attached hydrogen (secondary N) is 1. The van der Waals surface area contributed by atoms with Crippen LogP contribution in [0.25, 0.3) is 0 Å². The number of rotatable bonds is 4. The molecule has 2 unspecified atom stereocenters. The number of aromatic nitrogens is 1. The van der Waals surface area contributed by atoms with Crippen molar-refractivity contribution in [3.8, 4) is 0 Å². The van der Waals surface area contributed by atoms with Gasteiger partial charge < -0.3 is 14.8 Å². The summed E-state index contributed by atoms with van der Waals surface area (Å²) in [5.41, 5.74) is 0.908. The van der Waals surface area contributed by atoms with Crippen LogP contribution in [0.3, 0.4) is 0 Å². The van der Waals surface area contributed by atoms with Crippen LogP contribution in [0.1, 0.15) is 43.9 Å². The van der Waals surface area contributed by atoms with Crippen LogP contribution >= 0.6 is 0 Å². The zero-order valence-corrected chi connectivity index (χ0v) is 8.98. The number of H-pyrrole nitrogens is 1. The normalized spacial score (nSPS) is 23.9. The molecule has 1 aliphatic heterocycles. The summed E-state index contributed by atoms with van der Waals surface area (Å²) in [5, 5.41) is 9.85. The number of hydrogen-bond acceptors (Lipinski definition) is 2. The van der Waals surface area contributed by atoms with Gasteiger partial charge in [0.05, 0.1) is 12.2 Å².